The first kappa shape index (κ1) is 17.7. The molecule has 2 aromatic carbocycles. The van der Waals surface area contributed by atoms with E-state index in [2.05, 4.69) is 4.98 Å². The summed E-state index contributed by atoms with van der Waals surface area (Å²) in [6.45, 7) is 3.24. The first-order valence-electron chi connectivity index (χ1n) is 9.08. The molecule has 2 heterocycles. The lowest BCUT2D eigenvalue weighted by molar-refractivity contribution is 0.0763. The molecule has 0 saturated carbocycles. The fourth-order valence-corrected chi connectivity index (χ4v) is 3.66. The number of benzene rings is 2. The van der Waals surface area contributed by atoms with Crippen molar-refractivity contribution in [3.05, 3.63) is 82.3 Å². The Morgan fingerprint density at radius 1 is 0.963 bits per heavy atom. The second-order valence-electron chi connectivity index (χ2n) is 6.71. The summed E-state index contributed by atoms with van der Waals surface area (Å²) in [5, 5.41) is 0.704. The molecule has 5 heteroatoms. The molecule has 4 rings (SSSR count). The maximum absolute atomic E-state index is 12.8. The molecule has 1 aliphatic rings. The lowest BCUT2D eigenvalue weighted by atomic mass is 10.0. The molecule has 1 aromatic heterocycles. The van der Waals surface area contributed by atoms with Crippen molar-refractivity contribution in [1.29, 1.82) is 0 Å². The van der Waals surface area contributed by atoms with Crippen LogP contribution in [-0.4, -0.2) is 33.9 Å². The minimum Gasteiger partial charge on any atom is -0.338 e. The average molecular weight is 378 g/mol. The van der Waals surface area contributed by atoms with Crippen LogP contribution in [0.4, 0.5) is 0 Å². The summed E-state index contributed by atoms with van der Waals surface area (Å²) < 4.78 is 0. The van der Waals surface area contributed by atoms with Gasteiger partial charge in [-0.05, 0) is 37.6 Å². The number of amides is 1. The highest BCUT2D eigenvalue weighted by atomic mass is 35.5. The summed E-state index contributed by atoms with van der Waals surface area (Å²) >= 11 is 6.04. The SMILES string of the molecule is Cc1nc2c(c(-c3ccc(Cl)cc3)n1)CCN(C(=O)c1ccccc1)CC2. The number of aryl methyl sites for hydroxylation is 1. The Labute approximate surface area is 163 Å². The van der Waals surface area contributed by atoms with E-state index in [4.69, 9.17) is 16.6 Å². The fraction of sp³-hybridized carbons (Fsp3) is 0.227. The van der Waals surface area contributed by atoms with Gasteiger partial charge in [-0.15, -0.1) is 0 Å². The van der Waals surface area contributed by atoms with Crippen LogP contribution in [0.2, 0.25) is 5.02 Å². The first-order chi connectivity index (χ1) is 13.1. The van der Waals surface area contributed by atoms with Gasteiger partial charge >= 0.3 is 0 Å². The molecule has 0 fully saturated rings. The van der Waals surface area contributed by atoms with E-state index in [1.54, 1.807) is 0 Å². The maximum atomic E-state index is 12.8. The molecule has 136 valence electrons. The number of fused-ring (bicyclic) bond motifs is 1. The van der Waals surface area contributed by atoms with Gasteiger partial charge in [-0.1, -0.05) is 41.9 Å². The topological polar surface area (TPSA) is 46.1 Å². The number of hydrogen-bond donors (Lipinski definition) is 0. The summed E-state index contributed by atoms with van der Waals surface area (Å²) in [6, 6.07) is 17.2. The number of carbonyl (C=O) groups excluding carboxylic acids is 1. The maximum Gasteiger partial charge on any atom is 0.253 e. The Bertz CT molecular complexity index is 971. The van der Waals surface area contributed by atoms with Crippen molar-refractivity contribution in [3.8, 4) is 11.3 Å². The second-order valence-corrected chi connectivity index (χ2v) is 7.15. The number of rotatable bonds is 2. The van der Waals surface area contributed by atoms with Gasteiger partial charge in [-0.3, -0.25) is 4.79 Å². The van der Waals surface area contributed by atoms with Gasteiger partial charge in [0.1, 0.15) is 5.82 Å². The fourth-order valence-electron chi connectivity index (χ4n) is 3.54. The summed E-state index contributed by atoms with van der Waals surface area (Å²) in [4.78, 5) is 24.1. The van der Waals surface area contributed by atoms with E-state index >= 15 is 0 Å². The molecule has 4 nitrogen and oxygen atoms in total. The van der Waals surface area contributed by atoms with Gasteiger partial charge in [0.05, 0.1) is 5.69 Å². The molecule has 0 spiro atoms. The number of nitrogens with zero attached hydrogens (tertiary/aromatic N) is 3. The molecule has 0 saturated heterocycles. The first-order valence-corrected chi connectivity index (χ1v) is 9.46. The molecular formula is C22H20ClN3O. The largest absolute Gasteiger partial charge is 0.338 e. The standard InChI is InChI=1S/C22H20ClN3O/c1-15-24-20-12-14-26(22(27)17-5-3-2-4-6-17)13-11-19(20)21(25-15)16-7-9-18(23)10-8-16/h2-10H,11-14H2,1H3. The molecule has 0 bridgehead atoms. The van der Waals surface area contributed by atoms with E-state index in [1.807, 2.05) is 66.4 Å². The molecule has 0 N–H and O–H groups in total. The Morgan fingerprint density at radius 2 is 1.67 bits per heavy atom. The molecule has 0 radical (unpaired) electrons. The number of aromatic nitrogens is 2. The molecule has 1 amide bonds. The van der Waals surface area contributed by atoms with Crippen LogP contribution in [0, 0.1) is 6.92 Å². The number of halogens is 1. The van der Waals surface area contributed by atoms with E-state index in [9.17, 15) is 4.79 Å². The van der Waals surface area contributed by atoms with Gasteiger partial charge in [0.25, 0.3) is 5.91 Å². The average Bonchev–Trinajstić information content (AvgIpc) is 2.91. The zero-order valence-corrected chi connectivity index (χ0v) is 15.9. The van der Waals surface area contributed by atoms with E-state index < -0.39 is 0 Å². The van der Waals surface area contributed by atoms with E-state index in [0.29, 0.717) is 18.1 Å². The highest BCUT2D eigenvalue weighted by molar-refractivity contribution is 6.30. The van der Waals surface area contributed by atoms with Crippen molar-refractivity contribution in [3.63, 3.8) is 0 Å². The van der Waals surface area contributed by atoms with Crippen molar-refractivity contribution in [2.45, 2.75) is 19.8 Å². The number of hydrogen-bond acceptors (Lipinski definition) is 3. The van der Waals surface area contributed by atoms with Gasteiger partial charge in [0.2, 0.25) is 0 Å². The van der Waals surface area contributed by atoms with Gasteiger partial charge in [-0.2, -0.15) is 0 Å². The number of carbonyl (C=O) groups is 1. The van der Waals surface area contributed by atoms with Crippen LogP contribution in [-0.2, 0) is 12.8 Å². The molecule has 0 unspecified atom stereocenters. The van der Waals surface area contributed by atoms with Crippen LogP contribution >= 0.6 is 11.6 Å². The van der Waals surface area contributed by atoms with Crippen LogP contribution in [0.25, 0.3) is 11.3 Å². The van der Waals surface area contributed by atoms with Crippen LogP contribution in [0.5, 0.6) is 0 Å². The molecule has 0 aliphatic carbocycles. The molecule has 27 heavy (non-hydrogen) atoms. The normalized spacial score (nSPS) is 13.8. The third-order valence-corrected chi connectivity index (χ3v) is 5.13. The van der Waals surface area contributed by atoms with Crippen molar-refractivity contribution in [2.75, 3.05) is 13.1 Å². The summed E-state index contributed by atoms with van der Waals surface area (Å²) in [7, 11) is 0. The Kier molecular flexibility index (Phi) is 4.90. The predicted octanol–water partition coefficient (Wildman–Crippen LogP) is 4.35. The van der Waals surface area contributed by atoms with E-state index in [0.717, 1.165) is 46.7 Å². The van der Waals surface area contributed by atoms with Gasteiger partial charge in [0, 0.05) is 46.9 Å². The van der Waals surface area contributed by atoms with Gasteiger partial charge < -0.3 is 4.90 Å². The second kappa shape index (κ2) is 7.49. The molecular weight excluding hydrogens is 358 g/mol. The minimum atomic E-state index is 0.0705. The molecule has 0 atom stereocenters. The van der Waals surface area contributed by atoms with Gasteiger partial charge in [-0.25, -0.2) is 9.97 Å². The van der Waals surface area contributed by atoms with E-state index in [-0.39, 0.29) is 5.91 Å². The summed E-state index contributed by atoms with van der Waals surface area (Å²) in [5.41, 5.74) is 4.87. The quantitative estimate of drug-likeness (QED) is 0.667. The Balaban J connectivity index is 1.65. The smallest absolute Gasteiger partial charge is 0.253 e. The van der Waals surface area contributed by atoms with Gasteiger partial charge in [0.15, 0.2) is 0 Å². The zero-order valence-electron chi connectivity index (χ0n) is 15.2. The summed E-state index contributed by atoms with van der Waals surface area (Å²) in [6.07, 6.45) is 1.48. The van der Waals surface area contributed by atoms with Crippen molar-refractivity contribution < 1.29 is 4.79 Å². The summed E-state index contributed by atoms with van der Waals surface area (Å²) in [5.74, 6) is 0.822. The van der Waals surface area contributed by atoms with Crippen molar-refractivity contribution >= 4 is 17.5 Å². The van der Waals surface area contributed by atoms with Crippen LogP contribution in [0.3, 0.4) is 0 Å². The van der Waals surface area contributed by atoms with E-state index in [1.165, 1.54) is 0 Å². The third kappa shape index (κ3) is 3.71. The minimum absolute atomic E-state index is 0.0705. The van der Waals surface area contributed by atoms with Crippen LogP contribution < -0.4 is 0 Å². The Morgan fingerprint density at radius 3 is 2.41 bits per heavy atom. The molecule has 1 aliphatic heterocycles. The highest BCUT2D eigenvalue weighted by Crippen LogP contribution is 2.28. The van der Waals surface area contributed by atoms with Crippen LogP contribution in [0.15, 0.2) is 54.6 Å². The highest BCUT2D eigenvalue weighted by Gasteiger charge is 2.23. The molecule has 3 aromatic rings. The zero-order chi connectivity index (χ0) is 18.8. The predicted molar refractivity (Wildman–Crippen MR) is 107 cm³/mol. The van der Waals surface area contributed by atoms with Crippen LogP contribution in [0.1, 0.15) is 27.4 Å². The monoisotopic (exact) mass is 377 g/mol. The lowest BCUT2D eigenvalue weighted by Gasteiger charge is -2.20. The van der Waals surface area contributed by atoms with Crippen molar-refractivity contribution in [2.24, 2.45) is 0 Å². The lowest BCUT2D eigenvalue weighted by Crippen LogP contribution is -2.33. The Hall–Kier alpha value is -2.72. The third-order valence-electron chi connectivity index (χ3n) is 4.88. The van der Waals surface area contributed by atoms with Crippen molar-refractivity contribution in [1.82, 2.24) is 14.9 Å².